The molecule has 2 amide bonds. The number of hydrogen-bond donors (Lipinski definition) is 1. The smallest absolute Gasteiger partial charge is 0.274 e. The van der Waals surface area contributed by atoms with E-state index < -0.39 is 0 Å². The van der Waals surface area contributed by atoms with Crippen molar-refractivity contribution in [2.75, 3.05) is 18.4 Å². The molecule has 0 aliphatic carbocycles. The van der Waals surface area contributed by atoms with Crippen LogP contribution >= 0.6 is 11.6 Å². The van der Waals surface area contributed by atoms with Gasteiger partial charge in [0, 0.05) is 23.8 Å². The summed E-state index contributed by atoms with van der Waals surface area (Å²) >= 11 is 5.98. The molecule has 6 heteroatoms. The van der Waals surface area contributed by atoms with E-state index in [-0.39, 0.29) is 17.5 Å². The molecule has 0 saturated carbocycles. The van der Waals surface area contributed by atoms with Gasteiger partial charge in [-0.15, -0.1) is 0 Å². The van der Waals surface area contributed by atoms with Crippen LogP contribution in [0.5, 0.6) is 0 Å². The molecule has 130 valence electrons. The normalized spacial score (nSPS) is 14.2. The molecule has 2 heterocycles. The Morgan fingerprint density at radius 2 is 1.80 bits per heavy atom. The number of nitrogens with one attached hydrogen (secondary N) is 1. The summed E-state index contributed by atoms with van der Waals surface area (Å²) in [6.45, 7) is 3.38. The van der Waals surface area contributed by atoms with Gasteiger partial charge in [0.2, 0.25) is 0 Å². The largest absolute Gasteiger partial charge is 0.337 e. The van der Waals surface area contributed by atoms with Crippen LogP contribution < -0.4 is 5.32 Å². The molecule has 1 fully saturated rings. The van der Waals surface area contributed by atoms with Gasteiger partial charge in [0.1, 0.15) is 11.4 Å². The van der Waals surface area contributed by atoms with Gasteiger partial charge in [-0.2, -0.15) is 0 Å². The van der Waals surface area contributed by atoms with Crippen LogP contribution in [0.15, 0.2) is 36.4 Å². The van der Waals surface area contributed by atoms with Crippen molar-refractivity contribution in [3.63, 3.8) is 0 Å². The molecule has 1 aromatic heterocycles. The van der Waals surface area contributed by atoms with Crippen LogP contribution in [0.2, 0.25) is 5.02 Å². The monoisotopic (exact) mass is 357 g/mol. The number of halogens is 1. The predicted octanol–water partition coefficient (Wildman–Crippen LogP) is 3.92. The van der Waals surface area contributed by atoms with Crippen LogP contribution in [-0.2, 0) is 0 Å². The molecule has 1 aliphatic rings. The van der Waals surface area contributed by atoms with Crippen LogP contribution in [0.1, 0.15) is 45.8 Å². The van der Waals surface area contributed by atoms with Crippen molar-refractivity contribution in [3.05, 3.63) is 58.4 Å². The van der Waals surface area contributed by atoms with Crippen molar-refractivity contribution >= 4 is 29.1 Å². The number of anilines is 1. The van der Waals surface area contributed by atoms with Gasteiger partial charge in [0.15, 0.2) is 0 Å². The Bertz CT molecular complexity index is 801. The SMILES string of the molecule is Cc1ccc(Cl)cc1NC(=O)c1cccc(C(=O)N2CCCCC2)n1. The van der Waals surface area contributed by atoms with Crippen molar-refractivity contribution in [3.8, 4) is 0 Å². The van der Waals surface area contributed by atoms with Crippen LogP contribution in [0.25, 0.3) is 0 Å². The first kappa shape index (κ1) is 17.4. The summed E-state index contributed by atoms with van der Waals surface area (Å²) in [6, 6.07) is 10.2. The fraction of sp³-hybridized carbons (Fsp3) is 0.316. The Morgan fingerprint density at radius 1 is 1.08 bits per heavy atom. The Morgan fingerprint density at radius 3 is 2.56 bits per heavy atom. The number of hydrogen-bond acceptors (Lipinski definition) is 3. The molecule has 0 atom stereocenters. The summed E-state index contributed by atoms with van der Waals surface area (Å²) < 4.78 is 0. The van der Waals surface area contributed by atoms with Crippen LogP contribution in [0.4, 0.5) is 5.69 Å². The maximum absolute atomic E-state index is 12.5. The average molecular weight is 358 g/mol. The Labute approximate surface area is 152 Å². The number of nitrogens with zero attached hydrogens (tertiary/aromatic N) is 2. The van der Waals surface area contributed by atoms with E-state index in [1.165, 1.54) is 0 Å². The molecule has 25 heavy (non-hydrogen) atoms. The Hall–Kier alpha value is -2.40. The van der Waals surface area contributed by atoms with E-state index in [9.17, 15) is 9.59 Å². The molecule has 0 spiro atoms. The zero-order valence-corrected chi connectivity index (χ0v) is 14.8. The lowest BCUT2D eigenvalue weighted by Gasteiger charge is -2.26. The molecule has 2 aromatic rings. The highest BCUT2D eigenvalue weighted by atomic mass is 35.5. The van der Waals surface area contributed by atoms with Crippen LogP contribution in [-0.4, -0.2) is 34.8 Å². The van der Waals surface area contributed by atoms with E-state index in [2.05, 4.69) is 10.3 Å². The first-order valence-corrected chi connectivity index (χ1v) is 8.76. The minimum absolute atomic E-state index is 0.117. The minimum Gasteiger partial charge on any atom is -0.337 e. The number of benzene rings is 1. The van der Waals surface area contributed by atoms with E-state index in [0.29, 0.717) is 16.4 Å². The number of rotatable bonds is 3. The molecular weight excluding hydrogens is 338 g/mol. The molecule has 1 saturated heterocycles. The molecule has 0 unspecified atom stereocenters. The summed E-state index contributed by atoms with van der Waals surface area (Å²) in [7, 11) is 0. The summed E-state index contributed by atoms with van der Waals surface area (Å²) in [5, 5.41) is 3.35. The van der Waals surface area contributed by atoms with Gasteiger partial charge in [-0.1, -0.05) is 23.7 Å². The van der Waals surface area contributed by atoms with Crippen LogP contribution in [0.3, 0.4) is 0 Å². The Balaban J connectivity index is 1.77. The van der Waals surface area contributed by atoms with Crippen molar-refractivity contribution < 1.29 is 9.59 Å². The van der Waals surface area contributed by atoms with Gasteiger partial charge in [-0.05, 0) is 56.0 Å². The van der Waals surface area contributed by atoms with Crippen molar-refractivity contribution in [1.29, 1.82) is 0 Å². The van der Waals surface area contributed by atoms with Crippen molar-refractivity contribution in [2.45, 2.75) is 26.2 Å². The highest BCUT2D eigenvalue weighted by molar-refractivity contribution is 6.31. The van der Waals surface area contributed by atoms with Crippen molar-refractivity contribution in [2.24, 2.45) is 0 Å². The number of carbonyl (C=O) groups is 2. The zero-order chi connectivity index (χ0) is 17.8. The maximum Gasteiger partial charge on any atom is 0.274 e. The molecule has 5 nitrogen and oxygen atoms in total. The second kappa shape index (κ2) is 7.66. The van der Waals surface area contributed by atoms with Gasteiger partial charge in [0.05, 0.1) is 0 Å². The predicted molar refractivity (Wildman–Crippen MR) is 98.1 cm³/mol. The van der Waals surface area contributed by atoms with Crippen molar-refractivity contribution in [1.82, 2.24) is 9.88 Å². The van der Waals surface area contributed by atoms with E-state index >= 15 is 0 Å². The van der Waals surface area contributed by atoms with Gasteiger partial charge in [-0.25, -0.2) is 4.98 Å². The highest BCUT2D eigenvalue weighted by Gasteiger charge is 2.20. The first-order valence-electron chi connectivity index (χ1n) is 8.38. The minimum atomic E-state index is -0.362. The summed E-state index contributed by atoms with van der Waals surface area (Å²) in [5.74, 6) is -0.480. The van der Waals surface area contributed by atoms with Gasteiger partial charge < -0.3 is 10.2 Å². The number of aryl methyl sites for hydroxylation is 1. The number of amides is 2. The molecule has 1 aliphatic heterocycles. The number of piperidine rings is 1. The van der Waals surface area contributed by atoms with E-state index in [1.807, 2.05) is 13.0 Å². The fourth-order valence-electron chi connectivity index (χ4n) is 2.85. The average Bonchev–Trinajstić information content (AvgIpc) is 2.65. The third kappa shape index (κ3) is 4.17. The van der Waals surface area contributed by atoms with Crippen LogP contribution in [0, 0.1) is 6.92 Å². The summed E-state index contributed by atoms with van der Waals surface area (Å²) in [5.41, 5.74) is 2.05. The van der Waals surface area contributed by atoms with Gasteiger partial charge >= 0.3 is 0 Å². The summed E-state index contributed by atoms with van der Waals surface area (Å²) in [6.07, 6.45) is 3.18. The first-order chi connectivity index (χ1) is 12.0. The lowest BCUT2D eigenvalue weighted by molar-refractivity contribution is 0.0718. The maximum atomic E-state index is 12.5. The Kier molecular flexibility index (Phi) is 5.34. The molecule has 3 rings (SSSR count). The van der Waals surface area contributed by atoms with Gasteiger partial charge in [-0.3, -0.25) is 9.59 Å². The third-order valence-electron chi connectivity index (χ3n) is 4.29. The number of aromatic nitrogens is 1. The molecule has 0 bridgehead atoms. The molecule has 0 radical (unpaired) electrons. The zero-order valence-electron chi connectivity index (χ0n) is 14.1. The fourth-order valence-corrected chi connectivity index (χ4v) is 3.03. The number of likely N-dealkylation sites (tertiary alicyclic amines) is 1. The van der Waals surface area contributed by atoms with Gasteiger partial charge in [0.25, 0.3) is 11.8 Å². The second-order valence-corrected chi connectivity index (χ2v) is 6.61. The lowest BCUT2D eigenvalue weighted by atomic mass is 10.1. The quantitative estimate of drug-likeness (QED) is 0.905. The molecular formula is C19H20ClN3O2. The second-order valence-electron chi connectivity index (χ2n) is 6.17. The number of carbonyl (C=O) groups excluding carboxylic acids is 2. The third-order valence-corrected chi connectivity index (χ3v) is 4.53. The highest BCUT2D eigenvalue weighted by Crippen LogP contribution is 2.21. The molecule has 1 aromatic carbocycles. The topological polar surface area (TPSA) is 62.3 Å². The summed E-state index contributed by atoms with van der Waals surface area (Å²) in [4.78, 5) is 31.1. The van der Waals surface area contributed by atoms with E-state index in [1.54, 1.807) is 35.2 Å². The lowest BCUT2D eigenvalue weighted by Crippen LogP contribution is -2.36. The van der Waals surface area contributed by atoms with E-state index in [0.717, 1.165) is 37.9 Å². The number of pyridine rings is 1. The van der Waals surface area contributed by atoms with E-state index in [4.69, 9.17) is 11.6 Å². The standard InChI is InChI=1S/C19H20ClN3O2/c1-13-8-9-14(20)12-17(13)22-18(24)15-6-5-7-16(21-15)19(25)23-10-3-2-4-11-23/h5-9,12H,2-4,10-11H2,1H3,(H,22,24). The molecule has 1 N–H and O–H groups in total.